The number of hydrogen-bond donors (Lipinski definition) is 1. The maximum absolute atomic E-state index is 12.0. The Morgan fingerprint density at radius 2 is 1.95 bits per heavy atom. The van der Waals surface area contributed by atoms with E-state index in [0.717, 1.165) is 0 Å². The normalized spacial score (nSPS) is 11.7. The van der Waals surface area contributed by atoms with Crippen LogP contribution in [-0.4, -0.2) is 24.4 Å². The molecule has 0 atom stereocenters. The van der Waals surface area contributed by atoms with Gasteiger partial charge in [-0.3, -0.25) is 0 Å². The van der Waals surface area contributed by atoms with Crippen LogP contribution in [0.3, 0.4) is 0 Å². The van der Waals surface area contributed by atoms with Gasteiger partial charge in [0.1, 0.15) is 0 Å². The zero-order valence-corrected chi connectivity index (χ0v) is 11.5. The summed E-state index contributed by atoms with van der Waals surface area (Å²) < 4.78 is 46.5. The van der Waals surface area contributed by atoms with E-state index in [0.29, 0.717) is 18.2 Å². The van der Waals surface area contributed by atoms with Crippen LogP contribution in [0.2, 0.25) is 0 Å². The molecule has 1 rings (SSSR count). The molecule has 114 valence electrons. The van der Waals surface area contributed by atoms with Crippen LogP contribution in [0.25, 0.3) is 0 Å². The van der Waals surface area contributed by atoms with Crippen LogP contribution in [0.1, 0.15) is 26.7 Å². The lowest BCUT2D eigenvalue weighted by Gasteiger charge is -2.12. The second kappa shape index (κ2) is 7.21. The predicted octanol–water partition coefficient (Wildman–Crippen LogP) is 3.42. The monoisotopic (exact) mass is 292 g/mol. The molecule has 1 aromatic rings. The molecular formula is C13H19F3N2O2. The number of anilines is 1. The SMILES string of the molecule is CC(C)COc1nc(OCCCC(F)(F)F)ccc1N. The second-order valence-corrected chi connectivity index (χ2v) is 4.82. The van der Waals surface area contributed by atoms with Gasteiger partial charge in [-0.25, -0.2) is 0 Å². The van der Waals surface area contributed by atoms with E-state index in [9.17, 15) is 13.2 Å². The molecule has 0 saturated carbocycles. The van der Waals surface area contributed by atoms with Gasteiger partial charge >= 0.3 is 6.18 Å². The van der Waals surface area contributed by atoms with Crippen molar-refractivity contribution in [1.29, 1.82) is 0 Å². The molecule has 0 unspecified atom stereocenters. The summed E-state index contributed by atoms with van der Waals surface area (Å²) in [4.78, 5) is 4.03. The molecule has 0 radical (unpaired) electrons. The summed E-state index contributed by atoms with van der Waals surface area (Å²) in [5.41, 5.74) is 6.06. The third kappa shape index (κ3) is 6.49. The molecule has 0 spiro atoms. The fourth-order valence-corrected chi connectivity index (χ4v) is 1.33. The predicted molar refractivity (Wildman–Crippen MR) is 69.8 cm³/mol. The summed E-state index contributed by atoms with van der Waals surface area (Å²) in [6.07, 6.45) is -5.15. The quantitative estimate of drug-likeness (QED) is 0.782. The zero-order valence-electron chi connectivity index (χ0n) is 11.5. The fraction of sp³-hybridized carbons (Fsp3) is 0.615. The van der Waals surface area contributed by atoms with E-state index in [1.807, 2.05) is 13.8 Å². The van der Waals surface area contributed by atoms with E-state index in [4.69, 9.17) is 15.2 Å². The minimum atomic E-state index is -4.16. The molecule has 0 aliphatic heterocycles. The first-order valence-electron chi connectivity index (χ1n) is 6.37. The minimum Gasteiger partial charge on any atom is -0.478 e. The Bertz CT molecular complexity index is 423. The first-order chi connectivity index (χ1) is 9.28. The van der Waals surface area contributed by atoms with E-state index in [1.54, 1.807) is 6.07 Å². The number of rotatable bonds is 7. The fourth-order valence-electron chi connectivity index (χ4n) is 1.33. The molecule has 7 heteroatoms. The zero-order chi connectivity index (χ0) is 15.2. The average molecular weight is 292 g/mol. The summed E-state index contributed by atoms with van der Waals surface area (Å²) in [5.74, 6) is 0.764. The van der Waals surface area contributed by atoms with E-state index in [-0.39, 0.29) is 24.8 Å². The highest BCUT2D eigenvalue weighted by molar-refractivity contribution is 5.49. The van der Waals surface area contributed by atoms with Crippen molar-refractivity contribution in [2.45, 2.75) is 32.9 Å². The summed E-state index contributed by atoms with van der Waals surface area (Å²) in [6, 6.07) is 3.06. The molecular weight excluding hydrogens is 273 g/mol. The molecule has 1 aromatic heterocycles. The van der Waals surface area contributed by atoms with Crippen LogP contribution in [0.5, 0.6) is 11.8 Å². The minimum absolute atomic E-state index is 0.0555. The summed E-state index contributed by atoms with van der Waals surface area (Å²) >= 11 is 0. The third-order valence-electron chi connectivity index (χ3n) is 2.27. The number of nitrogens with two attached hydrogens (primary N) is 1. The van der Waals surface area contributed by atoms with Gasteiger partial charge in [-0.05, 0) is 18.4 Å². The lowest BCUT2D eigenvalue weighted by Crippen LogP contribution is -2.11. The molecule has 0 saturated heterocycles. The lowest BCUT2D eigenvalue weighted by molar-refractivity contribution is -0.136. The van der Waals surface area contributed by atoms with Gasteiger partial charge in [0, 0.05) is 12.5 Å². The Labute approximate surface area is 116 Å². The Hall–Kier alpha value is -1.66. The van der Waals surface area contributed by atoms with Crippen molar-refractivity contribution in [2.75, 3.05) is 18.9 Å². The largest absolute Gasteiger partial charge is 0.478 e. The van der Waals surface area contributed by atoms with Gasteiger partial charge < -0.3 is 15.2 Å². The first kappa shape index (κ1) is 16.4. The van der Waals surface area contributed by atoms with Crippen molar-refractivity contribution in [3.63, 3.8) is 0 Å². The summed E-state index contributed by atoms with van der Waals surface area (Å²) in [7, 11) is 0. The highest BCUT2D eigenvalue weighted by Gasteiger charge is 2.26. The van der Waals surface area contributed by atoms with Gasteiger partial charge in [0.05, 0.1) is 18.9 Å². The third-order valence-corrected chi connectivity index (χ3v) is 2.27. The molecule has 0 amide bonds. The molecule has 20 heavy (non-hydrogen) atoms. The first-order valence-corrected chi connectivity index (χ1v) is 6.37. The van der Waals surface area contributed by atoms with Crippen LogP contribution >= 0.6 is 0 Å². The van der Waals surface area contributed by atoms with Crippen molar-refractivity contribution in [3.8, 4) is 11.8 Å². The summed E-state index contributed by atoms with van der Waals surface area (Å²) in [5, 5.41) is 0. The van der Waals surface area contributed by atoms with E-state index in [2.05, 4.69) is 4.98 Å². The number of pyridine rings is 1. The van der Waals surface area contributed by atoms with Crippen molar-refractivity contribution < 1.29 is 22.6 Å². The number of halogens is 3. The number of nitrogen functional groups attached to an aromatic ring is 1. The van der Waals surface area contributed by atoms with Crippen LogP contribution < -0.4 is 15.2 Å². The maximum atomic E-state index is 12.0. The molecule has 2 N–H and O–H groups in total. The number of hydrogen-bond acceptors (Lipinski definition) is 4. The molecule has 4 nitrogen and oxygen atoms in total. The van der Waals surface area contributed by atoms with Gasteiger partial charge in [-0.1, -0.05) is 13.8 Å². The number of aromatic nitrogens is 1. The Morgan fingerprint density at radius 3 is 2.55 bits per heavy atom. The van der Waals surface area contributed by atoms with Gasteiger partial charge in [0.25, 0.3) is 0 Å². The summed E-state index contributed by atoms with van der Waals surface area (Å²) in [6.45, 7) is 4.36. The van der Waals surface area contributed by atoms with Gasteiger partial charge in [0.2, 0.25) is 11.8 Å². The van der Waals surface area contributed by atoms with Crippen LogP contribution in [0.15, 0.2) is 12.1 Å². The average Bonchev–Trinajstić information content (AvgIpc) is 2.33. The number of nitrogens with zero attached hydrogens (tertiary/aromatic N) is 1. The number of alkyl halides is 3. The topological polar surface area (TPSA) is 57.4 Å². The van der Waals surface area contributed by atoms with Gasteiger partial charge in [-0.15, -0.1) is 0 Å². The van der Waals surface area contributed by atoms with E-state index in [1.165, 1.54) is 6.07 Å². The van der Waals surface area contributed by atoms with Crippen molar-refractivity contribution in [2.24, 2.45) is 5.92 Å². The molecule has 0 fully saturated rings. The highest BCUT2D eigenvalue weighted by atomic mass is 19.4. The van der Waals surface area contributed by atoms with Crippen molar-refractivity contribution >= 4 is 5.69 Å². The second-order valence-electron chi connectivity index (χ2n) is 4.82. The lowest BCUT2D eigenvalue weighted by atomic mass is 10.2. The van der Waals surface area contributed by atoms with Crippen LogP contribution in [-0.2, 0) is 0 Å². The van der Waals surface area contributed by atoms with Gasteiger partial charge in [-0.2, -0.15) is 18.2 Å². The molecule has 0 aromatic carbocycles. The van der Waals surface area contributed by atoms with E-state index >= 15 is 0 Å². The standard InChI is InChI=1S/C13H19F3N2O2/c1-9(2)8-20-12-10(17)4-5-11(18-12)19-7-3-6-13(14,15)16/h4-5,9H,3,6-8,17H2,1-2H3. The number of ether oxygens (including phenoxy) is 2. The van der Waals surface area contributed by atoms with Crippen molar-refractivity contribution in [1.82, 2.24) is 4.98 Å². The van der Waals surface area contributed by atoms with Gasteiger partial charge in [0.15, 0.2) is 0 Å². The van der Waals surface area contributed by atoms with E-state index < -0.39 is 12.6 Å². The maximum Gasteiger partial charge on any atom is 0.389 e. The molecule has 0 aliphatic rings. The molecule has 0 bridgehead atoms. The highest BCUT2D eigenvalue weighted by Crippen LogP contribution is 2.24. The van der Waals surface area contributed by atoms with Crippen molar-refractivity contribution in [3.05, 3.63) is 12.1 Å². The van der Waals surface area contributed by atoms with Crippen LogP contribution in [0.4, 0.5) is 18.9 Å². The molecule has 1 heterocycles. The smallest absolute Gasteiger partial charge is 0.389 e. The Morgan fingerprint density at radius 1 is 1.25 bits per heavy atom. The van der Waals surface area contributed by atoms with Crippen LogP contribution in [0, 0.1) is 5.92 Å². The molecule has 0 aliphatic carbocycles. The Balaban J connectivity index is 2.48. The Kier molecular flexibility index (Phi) is 5.91.